The molecule has 0 atom stereocenters. The maximum absolute atomic E-state index is 12.3. The smallest absolute Gasteiger partial charge is 0.261 e. The highest BCUT2D eigenvalue weighted by Crippen LogP contribution is 2.26. The fraction of sp³-hybridized carbons (Fsp3) is 0.125. The van der Waals surface area contributed by atoms with Gasteiger partial charge in [0.2, 0.25) is 0 Å². The van der Waals surface area contributed by atoms with E-state index in [0.29, 0.717) is 22.6 Å². The van der Waals surface area contributed by atoms with Crippen LogP contribution in [0.3, 0.4) is 0 Å². The summed E-state index contributed by atoms with van der Waals surface area (Å²) in [7, 11) is 1.54. The molecule has 0 unspecified atom stereocenters. The molecule has 2 amide bonds. The monoisotopic (exact) mass is 282 g/mol. The molecule has 0 saturated heterocycles. The number of nitrogens with zero attached hydrogens (tertiary/aromatic N) is 1. The summed E-state index contributed by atoms with van der Waals surface area (Å²) in [6.45, 7) is 0.174. The highest BCUT2D eigenvalue weighted by molar-refractivity contribution is 6.21. The van der Waals surface area contributed by atoms with Crippen LogP contribution in [0.4, 0.5) is 5.69 Å². The Kier molecular flexibility index (Phi) is 3.10. The average molecular weight is 282 g/mol. The zero-order valence-electron chi connectivity index (χ0n) is 11.5. The average Bonchev–Trinajstić information content (AvgIpc) is 2.72. The maximum atomic E-state index is 12.3. The Hall–Kier alpha value is -2.82. The number of benzene rings is 2. The molecule has 1 heterocycles. The number of nitrogen functional groups attached to an aromatic ring is 1. The second-order valence-electron chi connectivity index (χ2n) is 4.86. The molecule has 1 aliphatic rings. The Morgan fingerprint density at radius 2 is 1.67 bits per heavy atom. The minimum Gasteiger partial charge on any atom is -0.497 e. The fourth-order valence-electron chi connectivity index (χ4n) is 2.46. The molecule has 3 rings (SSSR count). The summed E-state index contributed by atoms with van der Waals surface area (Å²) in [5.74, 6) is 0.0376. The number of carbonyl (C=O) groups excluding carboxylic acids is 2. The minimum atomic E-state index is -0.281. The van der Waals surface area contributed by atoms with Crippen molar-refractivity contribution in [3.8, 4) is 5.75 Å². The van der Waals surface area contributed by atoms with E-state index in [1.165, 1.54) is 4.90 Å². The van der Waals surface area contributed by atoms with Gasteiger partial charge in [-0.25, -0.2) is 0 Å². The predicted octanol–water partition coefficient (Wildman–Crippen LogP) is 2.07. The predicted molar refractivity (Wildman–Crippen MR) is 78.1 cm³/mol. The first-order chi connectivity index (χ1) is 10.1. The standard InChI is InChI=1S/C16H14N2O3/c1-21-12-7-10(6-11(17)8-12)9-18-15(19)13-4-2-3-5-14(13)16(18)20/h2-8H,9,17H2,1H3. The van der Waals surface area contributed by atoms with Crippen LogP contribution in [0, 0.1) is 0 Å². The van der Waals surface area contributed by atoms with Crippen molar-refractivity contribution >= 4 is 17.5 Å². The van der Waals surface area contributed by atoms with Gasteiger partial charge < -0.3 is 10.5 Å². The van der Waals surface area contributed by atoms with Gasteiger partial charge in [0.25, 0.3) is 11.8 Å². The van der Waals surface area contributed by atoms with Gasteiger partial charge in [-0.3, -0.25) is 14.5 Å². The lowest BCUT2D eigenvalue weighted by Gasteiger charge is -2.15. The maximum Gasteiger partial charge on any atom is 0.261 e. The van der Waals surface area contributed by atoms with Crippen LogP contribution in [0.1, 0.15) is 26.3 Å². The first-order valence-corrected chi connectivity index (χ1v) is 6.49. The number of carbonyl (C=O) groups is 2. The lowest BCUT2D eigenvalue weighted by Crippen LogP contribution is -2.29. The number of rotatable bonds is 3. The van der Waals surface area contributed by atoms with E-state index < -0.39 is 0 Å². The molecule has 0 aromatic heterocycles. The molecule has 0 spiro atoms. The summed E-state index contributed by atoms with van der Waals surface area (Å²) in [5, 5.41) is 0. The number of anilines is 1. The van der Waals surface area contributed by atoms with Gasteiger partial charge in [-0.1, -0.05) is 12.1 Å². The largest absolute Gasteiger partial charge is 0.497 e. The number of imide groups is 1. The molecule has 0 bridgehead atoms. The molecular formula is C16H14N2O3. The third kappa shape index (κ3) is 2.23. The van der Waals surface area contributed by atoms with Crippen LogP contribution in [-0.2, 0) is 6.54 Å². The van der Waals surface area contributed by atoms with E-state index in [0.717, 1.165) is 5.56 Å². The van der Waals surface area contributed by atoms with E-state index in [1.54, 1.807) is 49.6 Å². The van der Waals surface area contributed by atoms with E-state index in [1.807, 2.05) is 0 Å². The number of nitrogens with two attached hydrogens (primary N) is 1. The summed E-state index contributed by atoms with van der Waals surface area (Å²) < 4.78 is 5.15. The van der Waals surface area contributed by atoms with Gasteiger partial charge in [0.05, 0.1) is 24.8 Å². The Morgan fingerprint density at radius 1 is 1.05 bits per heavy atom. The van der Waals surface area contributed by atoms with Gasteiger partial charge >= 0.3 is 0 Å². The van der Waals surface area contributed by atoms with Gasteiger partial charge in [-0.15, -0.1) is 0 Å². The molecule has 0 saturated carbocycles. The van der Waals surface area contributed by atoms with E-state index in [-0.39, 0.29) is 18.4 Å². The van der Waals surface area contributed by atoms with Crippen LogP contribution in [0.15, 0.2) is 42.5 Å². The van der Waals surface area contributed by atoms with Crippen molar-refractivity contribution < 1.29 is 14.3 Å². The SMILES string of the molecule is COc1cc(N)cc(CN2C(=O)c3ccccc3C2=O)c1. The molecule has 1 aliphatic heterocycles. The Bertz CT molecular complexity index is 705. The molecule has 2 aromatic rings. The molecule has 2 N–H and O–H groups in total. The third-order valence-corrected chi connectivity index (χ3v) is 3.44. The van der Waals surface area contributed by atoms with E-state index in [9.17, 15) is 9.59 Å². The molecule has 5 nitrogen and oxygen atoms in total. The molecule has 106 valence electrons. The number of hydrogen-bond donors (Lipinski definition) is 1. The number of ether oxygens (including phenoxy) is 1. The summed E-state index contributed by atoms with van der Waals surface area (Å²) in [5.41, 5.74) is 7.96. The molecule has 5 heteroatoms. The second kappa shape index (κ2) is 4.94. The van der Waals surface area contributed by atoms with Gasteiger partial charge in [0.15, 0.2) is 0 Å². The Labute approximate surface area is 121 Å². The summed E-state index contributed by atoms with van der Waals surface area (Å²) >= 11 is 0. The van der Waals surface area contributed by atoms with Crippen molar-refractivity contribution in [1.82, 2.24) is 4.90 Å². The number of amides is 2. The lowest BCUT2D eigenvalue weighted by atomic mass is 10.1. The summed E-state index contributed by atoms with van der Waals surface area (Å²) in [6.07, 6.45) is 0. The zero-order valence-corrected chi connectivity index (χ0v) is 11.5. The topological polar surface area (TPSA) is 72.6 Å². The van der Waals surface area contributed by atoms with Gasteiger partial charge in [-0.05, 0) is 29.8 Å². The van der Waals surface area contributed by atoms with Crippen molar-refractivity contribution in [3.05, 3.63) is 59.2 Å². The van der Waals surface area contributed by atoms with Crippen LogP contribution in [0.25, 0.3) is 0 Å². The van der Waals surface area contributed by atoms with Crippen molar-refractivity contribution in [3.63, 3.8) is 0 Å². The number of hydrogen-bond acceptors (Lipinski definition) is 4. The zero-order chi connectivity index (χ0) is 15.0. The number of fused-ring (bicyclic) bond motifs is 1. The Balaban J connectivity index is 1.92. The molecule has 2 aromatic carbocycles. The van der Waals surface area contributed by atoms with Crippen molar-refractivity contribution in [2.75, 3.05) is 12.8 Å². The Morgan fingerprint density at radius 3 is 2.24 bits per heavy atom. The van der Waals surface area contributed by atoms with Gasteiger partial charge in [0, 0.05) is 11.8 Å². The first kappa shape index (κ1) is 13.2. The van der Waals surface area contributed by atoms with Crippen LogP contribution in [0.2, 0.25) is 0 Å². The second-order valence-corrected chi connectivity index (χ2v) is 4.86. The lowest BCUT2D eigenvalue weighted by molar-refractivity contribution is 0.0642. The highest BCUT2D eigenvalue weighted by atomic mass is 16.5. The fourth-order valence-corrected chi connectivity index (χ4v) is 2.46. The van der Waals surface area contributed by atoms with Crippen molar-refractivity contribution in [2.24, 2.45) is 0 Å². The molecular weight excluding hydrogens is 268 g/mol. The summed E-state index contributed by atoms with van der Waals surface area (Å²) in [4.78, 5) is 25.8. The molecule has 0 aliphatic carbocycles. The summed E-state index contributed by atoms with van der Waals surface area (Å²) in [6, 6.07) is 12.0. The highest BCUT2D eigenvalue weighted by Gasteiger charge is 2.34. The van der Waals surface area contributed by atoms with Crippen molar-refractivity contribution in [1.29, 1.82) is 0 Å². The van der Waals surface area contributed by atoms with Crippen LogP contribution in [0.5, 0.6) is 5.75 Å². The molecule has 0 radical (unpaired) electrons. The van der Waals surface area contributed by atoms with Crippen LogP contribution in [-0.4, -0.2) is 23.8 Å². The van der Waals surface area contributed by atoms with E-state index in [4.69, 9.17) is 10.5 Å². The third-order valence-electron chi connectivity index (χ3n) is 3.44. The molecule has 21 heavy (non-hydrogen) atoms. The first-order valence-electron chi connectivity index (χ1n) is 6.49. The van der Waals surface area contributed by atoms with Crippen LogP contribution >= 0.6 is 0 Å². The van der Waals surface area contributed by atoms with Crippen molar-refractivity contribution in [2.45, 2.75) is 6.54 Å². The number of methoxy groups -OCH3 is 1. The molecule has 0 fully saturated rings. The minimum absolute atomic E-state index is 0.174. The van der Waals surface area contributed by atoms with E-state index >= 15 is 0 Å². The quantitative estimate of drug-likeness (QED) is 0.691. The van der Waals surface area contributed by atoms with Crippen LogP contribution < -0.4 is 10.5 Å². The van der Waals surface area contributed by atoms with Gasteiger partial charge in [0.1, 0.15) is 5.75 Å². The van der Waals surface area contributed by atoms with E-state index in [2.05, 4.69) is 0 Å². The normalized spacial score (nSPS) is 13.5. The van der Waals surface area contributed by atoms with Gasteiger partial charge in [-0.2, -0.15) is 0 Å².